The van der Waals surface area contributed by atoms with Crippen LogP contribution in [0.3, 0.4) is 0 Å². The number of carbonyl (C=O) groups excluding carboxylic acids is 1. The van der Waals surface area contributed by atoms with Crippen LogP contribution in [-0.2, 0) is 16.0 Å². The van der Waals surface area contributed by atoms with Crippen LogP contribution in [0, 0.1) is 0 Å². The summed E-state index contributed by atoms with van der Waals surface area (Å²) in [6.07, 6.45) is 3.13. The van der Waals surface area contributed by atoms with Crippen LogP contribution in [0.5, 0.6) is 11.5 Å². The average Bonchev–Trinajstić information content (AvgIpc) is 2.71. The summed E-state index contributed by atoms with van der Waals surface area (Å²) in [5.74, 6) is 0.937. The Bertz CT molecular complexity index is 1170. The second kappa shape index (κ2) is 7.71. The minimum absolute atomic E-state index is 0.409. The van der Waals surface area contributed by atoms with E-state index < -0.39 is 23.3 Å². The summed E-state index contributed by atoms with van der Waals surface area (Å²) in [6.45, 7) is 3.73. The molecule has 3 aromatic rings. The number of rotatable bonds is 4. The fourth-order valence-electron chi connectivity index (χ4n) is 3.44. The van der Waals surface area contributed by atoms with E-state index in [9.17, 15) is 9.59 Å². The second-order valence-corrected chi connectivity index (χ2v) is 7.69. The lowest BCUT2D eigenvalue weighted by atomic mass is 9.90. The number of carbonyl (C=O) groups is 1. The molecule has 0 aliphatic carbocycles. The van der Waals surface area contributed by atoms with E-state index in [1.165, 1.54) is 12.1 Å². The summed E-state index contributed by atoms with van der Waals surface area (Å²) in [5.41, 5.74) is 1.08. The molecule has 0 saturated carbocycles. The Hall–Kier alpha value is -3.54. The van der Waals surface area contributed by atoms with Crippen molar-refractivity contribution >= 4 is 23.0 Å². The highest BCUT2D eigenvalue weighted by molar-refractivity contribution is 5.87. The Kier molecular flexibility index (Phi) is 5.08. The van der Waals surface area contributed by atoms with Crippen LogP contribution in [0.4, 0.5) is 0 Å². The highest BCUT2D eigenvalue weighted by atomic mass is 16.6. The molecule has 0 N–H and O–H groups in total. The van der Waals surface area contributed by atoms with Gasteiger partial charge in [0, 0.05) is 30.0 Å². The molecular formula is C24H22O6. The number of benzene rings is 2. The van der Waals surface area contributed by atoms with E-state index in [2.05, 4.69) is 0 Å². The first-order valence-electron chi connectivity index (χ1n) is 9.62. The Labute approximate surface area is 173 Å². The van der Waals surface area contributed by atoms with Crippen LogP contribution >= 0.6 is 0 Å². The van der Waals surface area contributed by atoms with Crippen molar-refractivity contribution in [3.63, 3.8) is 0 Å². The first-order valence-corrected chi connectivity index (χ1v) is 9.62. The molecule has 0 radical (unpaired) electrons. The fraction of sp³-hybridized carbons (Fsp3) is 0.250. The molecule has 0 fully saturated rings. The molecule has 1 aromatic heterocycles. The van der Waals surface area contributed by atoms with Gasteiger partial charge < -0.3 is 18.6 Å². The Morgan fingerprint density at radius 3 is 2.63 bits per heavy atom. The van der Waals surface area contributed by atoms with Gasteiger partial charge in [0.15, 0.2) is 0 Å². The average molecular weight is 406 g/mol. The molecule has 0 saturated heterocycles. The van der Waals surface area contributed by atoms with Crippen LogP contribution < -0.4 is 15.1 Å². The molecule has 6 nitrogen and oxygen atoms in total. The minimum Gasteiger partial charge on any atom is -0.497 e. The third-order valence-electron chi connectivity index (χ3n) is 5.14. The van der Waals surface area contributed by atoms with Gasteiger partial charge in [0.2, 0.25) is 0 Å². The van der Waals surface area contributed by atoms with Gasteiger partial charge in [0.25, 0.3) is 0 Å². The van der Waals surface area contributed by atoms with E-state index in [-0.39, 0.29) is 0 Å². The first-order chi connectivity index (χ1) is 14.3. The molecule has 0 bridgehead atoms. The number of hydrogen-bond acceptors (Lipinski definition) is 6. The van der Waals surface area contributed by atoms with Crippen LogP contribution in [0.15, 0.2) is 63.8 Å². The quantitative estimate of drug-likeness (QED) is 0.368. The van der Waals surface area contributed by atoms with E-state index in [4.69, 9.17) is 18.6 Å². The highest BCUT2D eigenvalue weighted by Crippen LogP contribution is 2.37. The molecule has 30 heavy (non-hydrogen) atoms. The SMILES string of the molecule is COc1ccc(C=CC(=O)O[C@@H]2Cc3cc4ccc(=O)oc4cc3OC2(C)C)cc1. The van der Waals surface area contributed by atoms with Crippen molar-refractivity contribution in [3.05, 3.63) is 76.2 Å². The van der Waals surface area contributed by atoms with Crippen LogP contribution in [0.1, 0.15) is 25.0 Å². The Morgan fingerprint density at radius 1 is 1.13 bits per heavy atom. The maximum Gasteiger partial charge on any atom is 0.336 e. The zero-order valence-electron chi connectivity index (χ0n) is 17.0. The van der Waals surface area contributed by atoms with Gasteiger partial charge in [-0.1, -0.05) is 12.1 Å². The maximum atomic E-state index is 12.4. The zero-order chi connectivity index (χ0) is 21.3. The third-order valence-corrected chi connectivity index (χ3v) is 5.14. The topological polar surface area (TPSA) is 75.0 Å². The predicted octanol–water partition coefficient (Wildman–Crippen LogP) is 4.14. The molecule has 1 atom stereocenters. The van der Waals surface area contributed by atoms with Crippen molar-refractivity contribution in [2.45, 2.75) is 32.0 Å². The third kappa shape index (κ3) is 4.08. The molecule has 6 heteroatoms. The van der Waals surface area contributed by atoms with Crippen molar-refractivity contribution in [1.82, 2.24) is 0 Å². The summed E-state index contributed by atoms with van der Waals surface area (Å²) in [4.78, 5) is 23.9. The van der Waals surface area contributed by atoms with Gasteiger partial charge in [-0.25, -0.2) is 9.59 Å². The van der Waals surface area contributed by atoms with Crippen molar-refractivity contribution < 1.29 is 23.4 Å². The number of ether oxygens (including phenoxy) is 3. The lowest BCUT2D eigenvalue weighted by Crippen LogP contribution is -2.48. The molecule has 4 rings (SSSR count). The number of esters is 1. The molecule has 0 unspecified atom stereocenters. The Morgan fingerprint density at radius 2 is 1.90 bits per heavy atom. The van der Waals surface area contributed by atoms with Crippen LogP contribution in [0.2, 0.25) is 0 Å². The van der Waals surface area contributed by atoms with Crippen molar-refractivity contribution in [2.24, 2.45) is 0 Å². The molecule has 154 valence electrons. The van der Waals surface area contributed by atoms with Gasteiger partial charge in [-0.3, -0.25) is 0 Å². The number of hydrogen-bond donors (Lipinski definition) is 0. The van der Waals surface area contributed by atoms with Crippen LogP contribution in [-0.4, -0.2) is 24.8 Å². The molecule has 2 heterocycles. The molecular weight excluding hydrogens is 384 g/mol. The highest BCUT2D eigenvalue weighted by Gasteiger charge is 2.39. The van der Waals surface area contributed by atoms with Gasteiger partial charge in [-0.2, -0.15) is 0 Å². The monoisotopic (exact) mass is 406 g/mol. The first kappa shape index (κ1) is 19.8. The lowest BCUT2D eigenvalue weighted by molar-refractivity contribution is -0.155. The smallest absolute Gasteiger partial charge is 0.336 e. The largest absolute Gasteiger partial charge is 0.497 e. The van der Waals surface area contributed by atoms with E-state index in [1.54, 1.807) is 25.3 Å². The van der Waals surface area contributed by atoms with E-state index in [0.717, 1.165) is 22.3 Å². The summed E-state index contributed by atoms with van der Waals surface area (Å²) in [7, 11) is 1.60. The predicted molar refractivity (Wildman–Crippen MR) is 113 cm³/mol. The summed E-state index contributed by atoms with van der Waals surface area (Å²) < 4.78 is 22.2. The van der Waals surface area contributed by atoms with Gasteiger partial charge in [-0.05, 0) is 55.3 Å². The summed E-state index contributed by atoms with van der Waals surface area (Å²) >= 11 is 0. The van der Waals surface area contributed by atoms with Crippen molar-refractivity contribution in [2.75, 3.05) is 7.11 Å². The van der Waals surface area contributed by atoms with Crippen LogP contribution in [0.25, 0.3) is 17.0 Å². The van der Waals surface area contributed by atoms with Gasteiger partial charge >= 0.3 is 11.6 Å². The summed E-state index contributed by atoms with van der Waals surface area (Å²) in [5, 5.41) is 0.793. The van der Waals surface area contributed by atoms with E-state index in [1.807, 2.05) is 44.2 Å². The summed E-state index contributed by atoms with van der Waals surface area (Å²) in [6, 6.07) is 14.1. The van der Waals surface area contributed by atoms with Crippen molar-refractivity contribution in [1.29, 1.82) is 0 Å². The van der Waals surface area contributed by atoms with E-state index >= 15 is 0 Å². The minimum atomic E-state index is -0.737. The standard InChI is InChI=1S/C24H22O6/c1-24(2)21(29-23(26)10-6-15-4-8-18(27-3)9-5-15)13-17-12-16-7-11-22(25)28-19(16)14-20(17)30-24/h4-12,14,21H,13H2,1-3H3/t21-/m1/s1. The van der Waals surface area contributed by atoms with Gasteiger partial charge in [-0.15, -0.1) is 0 Å². The zero-order valence-corrected chi connectivity index (χ0v) is 17.0. The number of fused-ring (bicyclic) bond motifs is 2. The molecule has 2 aromatic carbocycles. The van der Waals surface area contributed by atoms with Gasteiger partial charge in [0.1, 0.15) is 28.8 Å². The van der Waals surface area contributed by atoms with Crippen molar-refractivity contribution in [3.8, 4) is 11.5 Å². The lowest BCUT2D eigenvalue weighted by Gasteiger charge is -2.39. The maximum absolute atomic E-state index is 12.4. The van der Waals surface area contributed by atoms with Gasteiger partial charge in [0.05, 0.1) is 7.11 Å². The van der Waals surface area contributed by atoms with E-state index in [0.29, 0.717) is 17.8 Å². The molecule has 1 aliphatic heterocycles. The molecule has 1 aliphatic rings. The number of methoxy groups -OCH3 is 1. The molecule has 0 spiro atoms. The normalized spacial score (nSPS) is 17.4. The second-order valence-electron chi connectivity index (χ2n) is 7.69. The fourth-order valence-corrected chi connectivity index (χ4v) is 3.44. The Balaban J connectivity index is 1.51. The molecule has 0 amide bonds.